The number of Topliss-reactive ketones (excluding diaryl/α,β-unsaturated/α-hetero) is 1. The zero-order valence-electron chi connectivity index (χ0n) is 28.3. The first-order valence-corrected chi connectivity index (χ1v) is 16.7. The summed E-state index contributed by atoms with van der Waals surface area (Å²) in [6.45, 7) is 11.4. The van der Waals surface area contributed by atoms with E-state index in [0.717, 1.165) is 19.3 Å². The summed E-state index contributed by atoms with van der Waals surface area (Å²) < 4.78 is 0. The summed E-state index contributed by atoms with van der Waals surface area (Å²) in [5, 5.41) is 8.03. The van der Waals surface area contributed by atoms with Gasteiger partial charge < -0.3 is 25.8 Å². The molecular weight excluding hydrogens is 614 g/mol. The van der Waals surface area contributed by atoms with Gasteiger partial charge in [-0.15, -0.1) is 18.9 Å². The lowest BCUT2D eigenvalue weighted by Crippen LogP contribution is -2.83. The Morgan fingerprint density at radius 1 is 1.17 bits per heavy atom. The molecule has 4 rings (SSSR count). The molecule has 3 heterocycles. The third-order valence-corrected chi connectivity index (χ3v) is 9.70. The van der Waals surface area contributed by atoms with Crippen molar-refractivity contribution in [1.82, 2.24) is 35.7 Å². The van der Waals surface area contributed by atoms with E-state index in [1.807, 2.05) is 27.7 Å². The van der Waals surface area contributed by atoms with Crippen LogP contribution in [-0.4, -0.2) is 97.9 Å². The molecule has 13 heteroatoms. The van der Waals surface area contributed by atoms with Crippen LogP contribution in [-0.2, 0) is 24.0 Å². The number of amides is 5. The first kappa shape index (κ1) is 36.2. The van der Waals surface area contributed by atoms with E-state index in [-0.39, 0.29) is 49.4 Å². The monoisotopic (exact) mass is 661 g/mol. The molecule has 1 saturated carbocycles. The third-order valence-electron chi connectivity index (χ3n) is 9.70. The van der Waals surface area contributed by atoms with Crippen molar-refractivity contribution < 1.29 is 28.8 Å². The van der Waals surface area contributed by atoms with Crippen LogP contribution in [0.1, 0.15) is 89.5 Å². The van der Waals surface area contributed by atoms with Crippen molar-refractivity contribution in [2.45, 2.75) is 109 Å². The van der Waals surface area contributed by atoms with E-state index >= 15 is 0 Å². The van der Waals surface area contributed by atoms with Crippen molar-refractivity contribution in [2.75, 3.05) is 13.1 Å². The summed E-state index contributed by atoms with van der Waals surface area (Å²) in [5.41, 5.74) is -1.43. The zero-order chi connectivity index (χ0) is 35.2. The number of hydrogen-bond acceptors (Lipinski definition) is 8. The molecule has 0 aromatic carbocycles. The Morgan fingerprint density at radius 2 is 1.88 bits per heavy atom. The lowest BCUT2D eigenvalue weighted by molar-refractivity contribution is -0.187. The van der Waals surface area contributed by atoms with E-state index in [0.29, 0.717) is 19.3 Å². The van der Waals surface area contributed by atoms with Crippen molar-refractivity contribution in [2.24, 2.45) is 11.3 Å². The number of nitrogens with one attached hydrogen (secondary N) is 3. The standard InChI is InChI=1S/C35H47N7O6/c1-7-9-13-23(26(43)31(46)38-17-8-2)39-30(45)25-22(3)14-20-41(25)33(48)28(34(4,5)6)42-32(47)27(35(42)15-11-10-12-16-35)40-29(44)24-21-36-18-19-37-24/h1,8,18-19,21-23,25,27-28H,2,9-17,20H2,3-6H3,(H,38,46)(H,39,45)(H,40,44)/t22-,23?,25-,27+,28+/m0/s1. The topological polar surface area (TPSA) is 171 Å². The summed E-state index contributed by atoms with van der Waals surface area (Å²) in [6.07, 6.45) is 15.6. The number of ketones is 1. The SMILES string of the molecule is C#CCCC(NC(=O)[C@@H]1[C@@H](C)CCN1C(=O)[C@@H](N1C(=O)[C@@H](NC(=O)c2cnccn2)C12CCCCC2)C(C)(C)C)C(=O)C(=O)NCC=C. The molecule has 1 aromatic heterocycles. The van der Waals surface area contributed by atoms with Gasteiger partial charge in [-0.1, -0.05) is 53.0 Å². The van der Waals surface area contributed by atoms with Crippen LogP contribution < -0.4 is 16.0 Å². The van der Waals surface area contributed by atoms with Crippen molar-refractivity contribution in [1.29, 1.82) is 0 Å². The molecule has 5 atom stereocenters. The van der Waals surface area contributed by atoms with Gasteiger partial charge in [-0.3, -0.25) is 33.8 Å². The molecule has 5 amide bonds. The Bertz CT molecular complexity index is 1460. The number of carbonyl (C=O) groups excluding carboxylic acids is 6. The fourth-order valence-corrected chi connectivity index (χ4v) is 7.34. The summed E-state index contributed by atoms with van der Waals surface area (Å²) in [4.78, 5) is 92.4. The van der Waals surface area contributed by atoms with Gasteiger partial charge in [0.2, 0.25) is 23.5 Å². The summed E-state index contributed by atoms with van der Waals surface area (Å²) in [6, 6.07) is -3.89. The highest BCUT2D eigenvalue weighted by atomic mass is 16.2. The van der Waals surface area contributed by atoms with Gasteiger partial charge in [0.05, 0.1) is 17.8 Å². The largest absolute Gasteiger partial charge is 0.346 e. The minimum Gasteiger partial charge on any atom is -0.346 e. The molecule has 1 aromatic rings. The van der Waals surface area contributed by atoms with E-state index in [4.69, 9.17) is 6.42 Å². The smallest absolute Gasteiger partial charge is 0.289 e. The maximum atomic E-state index is 14.7. The molecule has 3 fully saturated rings. The highest BCUT2D eigenvalue weighted by molar-refractivity contribution is 6.38. The first-order chi connectivity index (χ1) is 22.8. The van der Waals surface area contributed by atoms with E-state index in [1.165, 1.54) is 29.6 Å². The number of β-lactam (4-membered cyclic amide) rings is 1. The minimum absolute atomic E-state index is 0.0503. The molecule has 48 heavy (non-hydrogen) atoms. The molecular formula is C35H47N7O6. The molecule has 3 aliphatic rings. The molecule has 2 saturated heterocycles. The van der Waals surface area contributed by atoms with Gasteiger partial charge >= 0.3 is 0 Å². The zero-order valence-corrected chi connectivity index (χ0v) is 28.3. The van der Waals surface area contributed by atoms with Crippen molar-refractivity contribution in [3.63, 3.8) is 0 Å². The number of rotatable bonds is 12. The van der Waals surface area contributed by atoms with Crippen molar-refractivity contribution in [3.8, 4) is 12.3 Å². The average molecular weight is 662 g/mol. The van der Waals surface area contributed by atoms with Crippen LogP contribution in [0.2, 0.25) is 0 Å². The second-order valence-electron chi connectivity index (χ2n) is 14.0. The predicted octanol–water partition coefficient (Wildman–Crippen LogP) is 1.54. The summed E-state index contributed by atoms with van der Waals surface area (Å²) in [7, 11) is 0. The van der Waals surface area contributed by atoms with E-state index < -0.39 is 58.6 Å². The highest BCUT2D eigenvalue weighted by Gasteiger charge is 2.65. The maximum Gasteiger partial charge on any atom is 0.289 e. The van der Waals surface area contributed by atoms with Gasteiger partial charge in [0, 0.05) is 31.9 Å². The summed E-state index contributed by atoms with van der Waals surface area (Å²) >= 11 is 0. The number of carbonyl (C=O) groups is 6. The van der Waals surface area contributed by atoms with Gasteiger partial charge in [-0.2, -0.15) is 0 Å². The summed E-state index contributed by atoms with van der Waals surface area (Å²) in [5.74, 6) is -1.34. The van der Waals surface area contributed by atoms with Crippen LogP contribution in [0.25, 0.3) is 0 Å². The Kier molecular flexibility index (Phi) is 11.4. The van der Waals surface area contributed by atoms with Crippen LogP contribution >= 0.6 is 0 Å². The number of likely N-dealkylation sites (tertiary alicyclic amines) is 2. The fourth-order valence-electron chi connectivity index (χ4n) is 7.34. The van der Waals surface area contributed by atoms with Crippen molar-refractivity contribution >= 4 is 35.3 Å². The normalized spacial score (nSPS) is 22.9. The van der Waals surface area contributed by atoms with Crippen LogP contribution in [0.4, 0.5) is 0 Å². The number of hydrogen-bond donors (Lipinski definition) is 3. The third kappa shape index (κ3) is 7.27. The van der Waals surface area contributed by atoms with Gasteiger partial charge in [0.25, 0.3) is 11.8 Å². The fraction of sp³-hybridized carbons (Fsp3) is 0.600. The Hall–Kier alpha value is -4.60. The predicted molar refractivity (Wildman–Crippen MR) is 177 cm³/mol. The molecule has 1 aliphatic carbocycles. The van der Waals surface area contributed by atoms with E-state index in [1.54, 1.807) is 4.90 Å². The van der Waals surface area contributed by atoms with Crippen molar-refractivity contribution in [3.05, 3.63) is 36.9 Å². The molecule has 13 nitrogen and oxygen atoms in total. The Morgan fingerprint density at radius 3 is 2.48 bits per heavy atom. The molecule has 1 unspecified atom stereocenters. The van der Waals surface area contributed by atoms with E-state index in [2.05, 4.69) is 38.4 Å². The maximum absolute atomic E-state index is 14.7. The molecule has 2 aliphatic heterocycles. The number of aromatic nitrogens is 2. The van der Waals surface area contributed by atoms with Gasteiger partial charge in [-0.05, 0) is 37.0 Å². The average Bonchev–Trinajstić information content (AvgIpc) is 3.47. The molecule has 1 spiro atoms. The lowest BCUT2D eigenvalue weighted by atomic mass is 9.65. The van der Waals surface area contributed by atoms with Gasteiger partial charge in [-0.25, -0.2) is 4.98 Å². The molecule has 0 radical (unpaired) electrons. The van der Waals surface area contributed by atoms with Crippen LogP contribution in [0.15, 0.2) is 31.2 Å². The molecule has 258 valence electrons. The highest BCUT2D eigenvalue weighted by Crippen LogP contribution is 2.49. The van der Waals surface area contributed by atoms with Crippen LogP contribution in [0.5, 0.6) is 0 Å². The van der Waals surface area contributed by atoms with Gasteiger partial charge in [0.15, 0.2) is 0 Å². The van der Waals surface area contributed by atoms with Gasteiger partial charge in [0.1, 0.15) is 23.8 Å². The van der Waals surface area contributed by atoms with Crippen LogP contribution in [0, 0.1) is 23.7 Å². The Labute approximate surface area is 282 Å². The van der Waals surface area contributed by atoms with E-state index in [9.17, 15) is 28.8 Å². The lowest BCUT2D eigenvalue weighted by Gasteiger charge is -2.63. The second kappa shape index (κ2) is 15.1. The number of terminal acetylenes is 1. The number of nitrogens with zero attached hydrogens (tertiary/aromatic N) is 4. The Balaban J connectivity index is 1.61. The second-order valence-corrected chi connectivity index (χ2v) is 14.0. The molecule has 3 N–H and O–H groups in total. The van der Waals surface area contributed by atoms with Crippen LogP contribution in [0.3, 0.4) is 0 Å². The molecule has 0 bridgehead atoms. The first-order valence-electron chi connectivity index (χ1n) is 16.7. The quantitative estimate of drug-likeness (QED) is 0.131. The minimum atomic E-state index is -1.18.